The van der Waals surface area contributed by atoms with E-state index in [9.17, 15) is 91.3 Å². The first kappa shape index (κ1) is 66.2. The van der Waals surface area contributed by atoms with Crippen molar-refractivity contribution < 1.29 is 143 Å². The fourth-order valence-corrected chi connectivity index (χ4v) is 17.3. The van der Waals surface area contributed by atoms with Crippen LogP contribution in [0.2, 0.25) is 0 Å². The number of carboxylic acid groups (broad SMARTS) is 2. The number of aliphatic hydroxyl groups excluding tert-OH is 13. The topological polar surface area (TPSA) is 467 Å². The molecule has 29 nitrogen and oxygen atoms in total. The number of ether oxygens (including phenoxy) is 10. The van der Waals surface area contributed by atoms with Crippen LogP contribution in [0.1, 0.15) is 99.8 Å². The molecular weight excluding hydrogens is 1150 g/mol. The van der Waals surface area contributed by atoms with Gasteiger partial charge in [-0.3, -0.25) is 9.59 Å². The lowest BCUT2D eigenvalue weighted by Crippen LogP contribution is -2.71. The van der Waals surface area contributed by atoms with Crippen molar-refractivity contribution in [1.82, 2.24) is 0 Å². The van der Waals surface area contributed by atoms with Crippen LogP contribution >= 0.6 is 0 Å². The van der Waals surface area contributed by atoms with E-state index in [0.717, 1.165) is 5.57 Å². The monoisotopic (exact) mass is 1240 g/mol. The number of aliphatic carboxylic acids is 2. The number of rotatable bonds is 13. The van der Waals surface area contributed by atoms with Crippen LogP contribution in [0.25, 0.3) is 0 Å². The number of hydrogen-bond donors (Lipinski definition) is 16. The highest BCUT2D eigenvalue weighted by Gasteiger charge is 2.74. The number of hydrogen-bond acceptors (Lipinski definition) is 27. The van der Waals surface area contributed by atoms with Crippen molar-refractivity contribution in [3.8, 4) is 0 Å². The molecular formula is C57H88O29. The van der Waals surface area contributed by atoms with E-state index in [1.165, 1.54) is 13.8 Å². The van der Waals surface area contributed by atoms with Crippen LogP contribution < -0.4 is 0 Å². The van der Waals surface area contributed by atoms with Crippen LogP contribution in [0.15, 0.2) is 11.6 Å². The number of esters is 1. The standard InChI is InChI=1S/C57H88O29/c1-21-37(81-44-34(67)30(63)25(60)17-77-44)38(82-48-41(70)56(76,19-58)20-79-48)36(69)46(80-21)84-40-31(64)26(61)18-78-47(40)86-50(75)57-13-12-51(2,3)14-23(57)22-8-9-27-52(4)15-24(59)42(85-45-35(68)32(65)33(66)39(83-45)43(71)72)55(7,49(73)74)28(52)10-11-53(27,5)54(22,6)16-29(57)62/h8,21,23-42,44-48,58-70,76H,9-20H2,1-7H3,(H,71,72)(H,73,74)/t21-,23-,24-,25+,26-,27+,28+,29+,30-,31-,32-,33-,34+,35+,36+,37-,38-,39-,40+,41-,42-,44-,45-,46-,47-,48-,52+,53+,54+,55-,56+,57+/m0/s1. The van der Waals surface area contributed by atoms with Crippen LogP contribution in [0.4, 0.5) is 0 Å². The number of carboxylic acids is 2. The summed E-state index contributed by atoms with van der Waals surface area (Å²) in [7, 11) is 0. The average Bonchev–Trinajstić information content (AvgIpc) is 0.740. The maximum Gasteiger partial charge on any atom is 0.335 e. The lowest BCUT2D eigenvalue weighted by Gasteiger charge is -2.71. The highest BCUT2D eigenvalue weighted by atomic mass is 16.8. The molecule has 0 aromatic rings. The molecule has 5 aliphatic carbocycles. The second-order valence-electron chi connectivity index (χ2n) is 27.9. The van der Waals surface area contributed by atoms with Gasteiger partial charge in [0.05, 0.1) is 50.2 Å². The Morgan fingerprint density at radius 1 is 0.616 bits per heavy atom. The first-order valence-corrected chi connectivity index (χ1v) is 29.7. The molecule has 0 spiro atoms. The van der Waals surface area contributed by atoms with Crippen molar-refractivity contribution in [1.29, 1.82) is 0 Å². The molecule has 86 heavy (non-hydrogen) atoms. The minimum atomic E-state index is -2.20. The third kappa shape index (κ3) is 10.4. The van der Waals surface area contributed by atoms with Crippen molar-refractivity contribution in [2.45, 2.75) is 247 Å². The van der Waals surface area contributed by atoms with Crippen LogP contribution in [0, 0.1) is 50.2 Å². The van der Waals surface area contributed by atoms with Crippen molar-refractivity contribution in [2.24, 2.45) is 50.2 Å². The summed E-state index contributed by atoms with van der Waals surface area (Å²) >= 11 is 0. The first-order chi connectivity index (χ1) is 40.1. The third-order valence-electron chi connectivity index (χ3n) is 22.5. The Hall–Kier alpha value is -2.77. The second kappa shape index (κ2) is 23.4. The number of fused-ring (bicyclic) bond motifs is 7. The Labute approximate surface area is 495 Å². The zero-order valence-corrected chi connectivity index (χ0v) is 49.0. The van der Waals surface area contributed by atoms with Gasteiger partial charge in [-0.2, -0.15) is 0 Å². The summed E-state index contributed by atoms with van der Waals surface area (Å²) in [5, 5.41) is 176. The van der Waals surface area contributed by atoms with Gasteiger partial charge in [-0.25, -0.2) is 4.79 Å². The van der Waals surface area contributed by atoms with E-state index in [2.05, 4.69) is 26.8 Å². The van der Waals surface area contributed by atoms with Gasteiger partial charge in [0.15, 0.2) is 37.4 Å². The Bertz CT molecular complexity index is 2540. The number of carbonyl (C=O) groups is 3. The highest BCUT2D eigenvalue weighted by Crippen LogP contribution is 2.76. The summed E-state index contributed by atoms with van der Waals surface area (Å²) in [4.78, 5) is 41.3. The predicted octanol–water partition coefficient (Wildman–Crippen LogP) is -4.17. The quantitative estimate of drug-likeness (QED) is 0.0473. The van der Waals surface area contributed by atoms with E-state index in [0.29, 0.717) is 25.7 Å². The van der Waals surface area contributed by atoms with Crippen LogP contribution in [0.3, 0.4) is 0 Å². The SMILES string of the molecule is C[C@@H]1O[C@@H](O[C@H]2[C@H](OC(=O)[C@]34CCC(C)(C)C[C@H]3C3=CC[C@@H]5[C@@]6(C)C[C@H](O)[C@H](O[C@@H]7O[C@H](C(=O)O)[C@@H](O)[C@H](O)[C@H]7O)[C@@](C)(C(=O)O)[C@@H]6CC[C@@]5(C)[C@]3(C)C[C@H]4O)OC[C@H](O)[C@@H]2O)[C@H](O)[C@H](O[C@@H]2OC[C@](O)(CO)[C@H]2O)[C@H]1O[C@@H]1OC[C@@H](O)[C@H](O)[C@H]1O. The van der Waals surface area contributed by atoms with Gasteiger partial charge in [-0.1, -0.05) is 46.3 Å². The van der Waals surface area contributed by atoms with E-state index in [-0.39, 0.29) is 31.6 Å². The summed E-state index contributed by atoms with van der Waals surface area (Å²) in [5.41, 5.74) is -7.89. The Morgan fingerprint density at radius 2 is 1.23 bits per heavy atom. The summed E-state index contributed by atoms with van der Waals surface area (Å²) in [6, 6.07) is 0. The minimum Gasteiger partial charge on any atom is -0.481 e. The number of carbonyl (C=O) groups excluding carboxylic acids is 1. The van der Waals surface area contributed by atoms with Crippen molar-refractivity contribution >= 4 is 17.9 Å². The molecule has 0 amide bonds. The lowest BCUT2D eigenvalue weighted by atomic mass is 9.33. The van der Waals surface area contributed by atoms with E-state index >= 15 is 4.79 Å². The summed E-state index contributed by atoms with van der Waals surface area (Å²) in [5.74, 6) is -5.73. The fourth-order valence-electron chi connectivity index (χ4n) is 17.3. The zero-order valence-electron chi connectivity index (χ0n) is 49.0. The van der Waals surface area contributed by atoms with E-state index in [4.69, 9.17) is 47.4 Å². The van der Waals surface area contributed by atoms with Gasteiger partial charge < -0.3 is 129 Å². The van der Waals surface area contributed by atoms with Gasteiger partial charge in [0.1, 0.15) is 90.4 Å². The number of aliphatic hydroxyl groups is 14. The van der Waals surface area contributed by atoms with Gasteiger partial charge in [0.2, 0.25) is 6.29 Å². The molecule has 5 aliphatic heterocycles. The Balaban J connectivity index is 0.920. The fraction of sp³-hybridized carbons (Fsp3) is 0.912. The summed E-state index contributed by atoms with van der Waals surface area (Å²) in [6.45, 7) is 10.4. The van der Waals surface area contributed by atoms with E-state index in [1.54, 1.807) is 0 Å². The van der Waals surface area contributed by atoms with E-state index < -0.39 is 236 Å². The molecule has 4 saturated carbocycles. The van der Waals surface area contributed by atoms with Crippen LogP contribution in [-0.2, 0) is 61.8 Å². The molecule has 5 heterocycles. The summed E-state index contributed by atoms with van der Waals surface area (Å²) < 4.78 is 59.0. The molecule has 0 aromatic carbocycles. The Morgan fingerprint density at radius 3 is 1.87 bits per heavy atom. The first-order valence-electron chi connectivity index (χ1n) is 29.7. The molecule has 32 atom stereocenters. The molecule has 10 rings (SSSR count). The number of allylic oxidation sites excluding steroid dienone is 2. The molecule has 0 aromatic heterocycles. The maximum absolute atomic E-state index is 15.5. The predicted molar refractivity (Wildman–Crippen MR) is 281 cm³/mol. The second-order valence-corrected chi connectivity index (χ2v) is 27.9. The maximum atomic E-state index is 15.5. The molecule has 10 aliphatic rings. The van der Waals surface area contributed by atoms with Crippen molar-refractivity contribution in [3.05, 3.63) is 11.6 Å². The molecule has 0 radical (unpaired) electrons. The van der Waals surface area contributed by atoms with Crippen LogP contribution in [-0.4, -0.2) is 273 Å². The van der Waals surface area contributed by atoms with Crippen molar-refractivity contribution in [2.75, 3.05) is 26.4 Å². The van der Waals surface area contributed by atoms with Gasteiger partial charge in [-0.05, 0) is 105 Å². The van der Waals surface area contributed by atoms with E-state index in [1.807, 2.05) is 13.8 Å². The molecule has 9 fully saturated rings. The zero-order chi connectivity index (χ0) is 63.1. The van der Waals surface area contributed by atoms with Gasteiger partial charge >= 0.3 is 17.9 Å². The Kier molecular flexibility index (Phi) is 18.0. The summed E-state index contributed by atoms with van der Waals surface area (Å²) in [6.07, 6.45) is -36.7. The third-order valence-corrected chi connectivity index (χ3v) is 22.5. The smallest absolute Gasteiger partial charge is 0.335 e. The minimum absolute atomic E-state index is 0.00785. The molecule has 5 saturated heterocycles. The van der Waals surface area contributed by atoms with Gasteiger partial charge in [0.25, 0.3) is 0 Å². The normalized spacial score (nSPS) is 54.5. The molecule has 0 unspecified atom stereocenters. The largest absolute Gasteiger partial charge is 0.481 e. The molecule has 490 valence electrons. The molecule has 29 heteroatoms. The van der Waals surface area contributed by atoms with Gasteiger partial charge in [-0.15, -0.1) is 0 Å². The van der Waals surface area contributed by atoms with Crippen LogP contribution in [0.5, 0.6) is 0 Å². The molecule has 16 N–H and O–H groups in total. The molecule has 0 bridgehead atoms. The van der Waals surface area contributed by atoms with Crippen molar-refractivity contribution in [3.63, 3.8) is 0 Å². The lowest BCUT2D eigenvalue weighted by molar-refractivity contribution is -0.381. The van der Waals surface area contributed by atoms with Gasteiger partial charge in [0, 0.05) is 0 Å². The highest BCUT2D eigenvalue weighted by molar-refractivity contribution is 5.80. The average molecular weight is 1240 g/mol.